The number of nitrogens with zero attached hydrogens (tertiary/aromatic N) is 3. The zero-order chi connectivity index (χ0) is 9.97. The summed E-state index contributed by atoms with van der Waals surface area (Å²) in [5.41, 5.74) is 0. The van der Waals surface area contributed by atoms with Crippen molar-refractivity contribution in [2.75, 3.05) is 19.6 Å². The molecule has 14 heavy (non-hydrogen) atoms. The SMILES string of the molecule is CCN1CCCC(n2cc(O)cn2)C1. The van der Waals surface area contributed by atoms with Gasteiger partial charge in [-0.25, -0.2) is 0 Å². The van der Waals surface area contributed by atoms with Crippen LogP contribution in [0.3, 0.4) is 0 Å². The molecule has 1 aromatic rings. The second-order valence-electron chi connectivity index (χ2n) is 3.87. The van der Waals surface area contributed by atoms with Gasteiger partial charge in [0.15, 0.2) is 5.75 Å². The molecule has 4 nitrogen and oxygen atoms in total. The van der Waals surface area contributed by atoms with Gasteiger partial charge >= 0.3 is 0 Å². The van der Waals surface area contributed by atoms with E-state index in [9.17, 15) is 5.11 Å². The molecule has 1 N–H and O–H groups in total. The van der Waals surface area contributed by atoms with Crippen LogP contribution in [0.2, 0.25) is 0 Å². The van der Waals surface area contributed by atoms with E-state index < -0.39 is 0 Å². The van der Waals surface area contributed by atoms with Crippen LogP contribution >= 0.6 is 0 Å². The fourth-order valence-corrected chi connectivity index (χ4v) is 2.06. The van der Waals surface area contributed by atoms with Gasteiger partial charge in [0.1, 0.15) is 0 Å². The molecule has 1 saturated heterocycles. The largest absolute Gasteiger partial charge is 0.505 e. The number of rotatable bonds is 2. The van der Waals surface area contributed by atoms with Gasteiger partial charge in [-0.15, -0.1) is 0 Å². The Bertz CT molecular complexity index is 297. The lowest BCUT2D eigenvalue weighted by atomic mass is 10.1. The fraction of sp³-hybridized carbons (Fsp3) is 0.700. The first-order valence-corrected chi connectivity index (χ1v) is 5.25. The molecule has 0 bridgehead atoms. The second kappa shape index (κ2) is 4.00. The maximum Gasteiger partial charge on any atom is 0.153 e. The maximum atomic E-state index is 9.21. The zero-order valence-corrected chi connectivity index (χ0v) is 8.56. The van der Waals surface area contributed by atoms with Crippen molar-refractivity contribution >= 4 is 0 Å². The summed E-state index contributed by atoms with van der Waals surface area (Å²) in [6, 6.07) is 0.435. The van der Waals surface area contributed by atoms with E-state index in [-0.39, 0.29) is 5.75 Å². The third kappa shape index (κ3) is 1.90. The molecule has 0 radical (unpaired) electrons. The van der Waals surface area contributed by atoms with Crippen LogP contribution in [0.25, 0.3) is 0 Å². The average molecular weight is 195 g/mol. The zero-order valence-electron chi connectivity index (χ0n) is 8.56. The van der Waals surface area contributed by atoms with Gasteiger partial charge < -0.3 is 10.0 Å². The summed E-state index contributed by atoms with van der Waals surface area (Å²) in [5.74, 6) is 0.263. The molecule has 4 heteroatoms. The van der Waals surface area contributed by atoms with Crippen LogP contribution in [-0.4, -0.2) is 39.4 Å². The van der Waals surface area contributed by atoms with Crippen molar-refractivity contribution in [1.29, 1.82) is 0 Å². The van der Waals surface area contributed by atoms with E-state index in [0.29, 0.717) is 6.04 Å². The van der Waals surface area contributed by atoms with Crippen molar-refractivity contribution in [2.24, 2.45) is 0 Å². The van der Waals surface area contributed by atoms with E-state index in [0.717, 1.165) is 19.5 Å². The Morgan fingerprint density at radius 2 is 2.50 bits per heavy atom. The van der Waals surface area contributed by atoms with E-state index in [1.807, 2.05) is 4.68 Å². The predicted molar refractivity (Wildman–Crippen MR) is 54.3 cm³/mol. The first kappa shape index (κ1) is 9.52. The molecule has 0 amide bonds. The molecule has 2 rings (SSSR count). The van der Waals surface area contributed by atoms with Crippen LogP contribution in [0.4, 0.5) is 0 Å². The Morgan fingerprint density at radius 1 is 1.64 bits per heavy atom. The molecule has 0 aliphatic carbocycles. The van der Waals surface area contributed by atoms with Gasteiger partial charge in [0, 0.05) is 6.54 Å². The Labute approximate surface area is 84.1 Å². The van der Waals surface area contributed by atoms with Gasteiger partial charge in [-0.1, -0.05) is 6.92 Å². The van der Waals surface area contributed by atoms with E-state index in [4.69, 9.17) is 0 Å². The topological polar surface area (TPSA) is 41.3 Å². The number of hydrogen-bond acceptors (Lipinski definition) is 3. The average Bonchev–Trinajstić information content (AvgIpc) is 2.65. The van der Waals surface area contributed by atoms with Crippen LogP contribution in [0, 0.1) is 0 Å². The van der Waals surface area contributed by atoms with Crippen molar-refractivity contribution in [3.63, 3.8) is 0 Å². The van der Waals surface area contributed by atoms with E-state index in [1.54, 1.807) is 6.20 Å². The minimum atomic E-state index is 0.263. The minimum Gasteiger partial charge on any atom is -0.505 e. The molecule has 1 atom stereocenters. The number of aromatic hydroxyl groups is 1. The van der Waals surface area contributed by atoms with E-state index >= 15 is 0 Å². The molecular formula is C10H17N3O. The highest BCUT2D eigenvalue weighted by Crippen LogP contribution is 2.21. The smallest absolute Gasteiger partial charge is 0.153 e. The highest BCUT2D eigenvalue weighted by molar-refractivity contribution is 5.09. The Hall–Kier alpha value is -1.03. The lowest BCUT2D eigenvalue weighted by molar-refractivity contribution is 0.177. The van der Waals surface area contributed by atoms with Crippen molar-refractivity contribution in [2.45, 2.75) is 25.8 Å². The standard InChI is InChI=1S/C10H17N3O/c1-2-12-5-3-4-9(7-12)13-8-10(14)6-11-13/h6,8-9,14H,2-5,7H2,1H3. The van der Waals surface area contributed by atoms with Crippen LogP contribution in [0.5, 0.6) is 5.75 Å². The third-order valence-electron chi connectivity index (χ3n) is 2.89. The van der Waals surface area contributed by atoms with Crippen molar-refractivity contribution in [3.8, 4) is 5.75 Å². The van der Waals surface area contributed by atoms with Gasteiger partial charge in [-0.2, -0.15) is 5.10 Å². The number of hydrogen-bond donors (Lipinski definition) is 1. The molecule has 1 unspecified atom stereocenters. The summed E-state index contributed by atoms with van der Waals surface area (Å²) in [6.45, 7) is 5.53. The Kier molecular flexibility index (Phi) is 2.72. The molecule has 1 aromatic heterocycles. The van der Waals surface area contributed by atoms with Crippen molar-refractivity contribution in [1.82, 2.24) is 14.7 Å². The normalized spacial score (nSPS) is 23.9. The van der Waals surface area contributed by atoms with Gasteiger partial charge in [-0.3, -0.25) is 4.68 Å². The summed E-state index contributed by atoms with van der Waals surface area (Å²) in [7, 11) is 0. The first-order valence-electron chi connectivity index (χ1n) is 5.25. The van der Waals surface area contributed by atoms with E-state index in [2.05, 4.69) is 16.9 Å². The molecule has 0 aromatic carbocycles. The fourth-order valence-electron chi connectivity index (χ4n) is 2.06. The lowest BCUT2D eigenvalue weighted by Gasteiger charge is -2.31. The van der Waals surface area contributed by atoms with Gasteiger partial charge in [-0.05, 0) is 25.9 Å². The van der Waals surface area contributed by atoms with Crippen LogP contribution < -0.4 is 0 Å². The quantitative estimate of drug-likeness (QED) is 0.772. The number of likely N-dealkylation sites (N-methyl/N-ethyl adjacent to an activating group) is 1. The summed E-state index contributed by atoms with van der Waals surface area (Å²) in [4.78, 5) is 2.42. The van der Waals surface area contributed by atoms with Crippen molar-refractivity contribution < 1.29 is 5.11 Å². The van der Waals surface area contributed by atoms with Crippen LogP contribution in [0.15, 0.2) is 12.4 Å². The van der Waals surface area contributed by atoms with Gasteiger partial charge in [0.05, 0.1) is 18.4 Å². The van der Waals surface area contributed by atoms with E-state index in [1.165, 1.54) is 19.2 Å². The molecule has 1 aliphatic rings. The number of likely N-dealkylation sites (tertiary alicyclic amines) is 1. The first-order chi connectivity index (χ1) is 6.79. The van der Waals surface area contributed by atoms with Crippen LogP contribution in [-0.2, 0) is 0 Å². The molecule has 78 valence electrons. The van der Waals surface area contributed by atoms with Crippen molar-refractivity contribution in [3.05, 3.63) is 12.4 Å². The summed E-state index contributed by atoms with van der Waals surface area (Å²) >= 11 is 0. The summed E-state index contributed by atoms with van der Waals surface area (Å²) in [6.07, 6.45) is 5.60. The number of piperidine rings is 1. The highest BCUT2D eigenvalue weighted by atomic mass is 16.3. The Balaban J connectivity index is 2.04. The highest BCUT2D eigenvalue weighted by Gasteiger charge is 2.20. The number of aromatic nitrogens is 2. The third-order valence-corrected chi connectivity index (χ3v) is 2.89. The molecule has 2 heterocycles. The van der Waals surface area contributed by atoms with Gasteiger partial charge in [0.25, 0.3) is 0 Å². The molecule has 1 fully saturated rings. The molecule has 0 saturated carbocycles. The molecule has 0 spiro atoms. The molecular weight excluding hydrogens is 178 g/mol. The van der Waals surface area contributed by atoms with Gasteiger partial charge in [0.2, 0.25) is 0 Å². The monoisotopic (exact) mass is 195 g/mol. The minimum absolute atomic E-state index is 0.263. The summed E-state index contributed by atoms with van der Waals surface area (Å²) in [5, 5.41) is 13.4. The van der Waals surface area contributed by atoms with Crippen LogP contribution in [0.1, 0.15) is 25.8 Å². The lowest BCUT2D eigenvalue weighted by Crippen LogP contribution is -2.36. The summed E-state index contributed by atoms with van der Waals surface area (Å²) < 4.78 is 1.89. The second-order valence-corrected chi connectivity index (χ2v) is 3.87. The predicted octanol–water partition coefficient (Wildman–Crippen LogP) is 1.25. The maximum absolute atomic E-state index is 9.21. The Morgan fingerprint density at radius 3 is 3.14 bits per heavy atom. The molecule has 1 aliphatic heterocycles.